The van der Waals surface area contributed by atoms with Gasteiger partial charge in [0.2, 0.25) is 0 Å². The number of nitrogens with zero attached hydrogens (tertiary/aromatic N) is 1. The number of piperidine rings is 1. The second kappa shape index (κ2) is 6.15. The largest absolute Gasteiger partial charge is 0.488 e. The highest BCUT2D eigenvalue weighted by Crippen LogP contribution is 2.30. The van der Waals surface area contributed by atoms with Gasteiger partial charge in [0.25, 0.3) is 0 Å². The van der Waals surface area contributed by atoms with Gasteiger partial charge in [0, 0.05) is 25.6 Å². The molecule has 2 atom stereocenters. The van der Waals surface area contributed by atoms with E-state index in [1.807, 2.05) is 0 Å². The molecule has 3 heteroatoms. The topological polar surface area (TPSA) is 24.5 Å². The van der Waals surface area contributed by atoms with Crippen LogP contribution in [0.25, 0.3) is 0 Å². The standard InChI is InChI=1S/C17H26N2O/c1-3-18-15-5-4-8-19(11-15)12-16-10-14-9-13(2)6-7-17(14)20-16/h6-7,9,15-16,18H,3-5,8,10-12H2,1-2H3. The van der Waals surface area contributed by atoms with Gasteiger partial charge in [0.15, 0.2) is 0 Å². The van der Waals surface area contributed by atoms with Crippen LogP contribution in [0, 0.1) is 6.92 Å². The summed E-state index contributed by atoms with van der Waals surface area (Å²) in [6.45, 7) is 8.87. The molecule has 110 valence electrons. The molecule has 0 radical (unpaired) electrons. The SMILES string of the molecule is CCNC1CCCN(CC2Cc3cc(C)ccc3O2)C1. The average molecular weight is 274 g/mol. The summed E-state index contributed by atoms with van der Waals surface area (Å²) in [5, 5.41) is 3.58. The Morgan fingerprint density at radius 3 is 3.15 bits per heavy atom. The molecule has 2 aliphatic heterocycles. The summed E-state index contributed by atoms with van der Waals surface area (Å²) in [5.41, 5.74) is 2.72. The predicted molar refractivity (Wildman–Crippen MR) is 82.4 cm³/mol. The number of benzene rings is 1. The number of hydrogen-bond donors (Lipinski definition) is 1. The summed E-state index contributed by atoms with van der Waals surface area (Å²) >= 11 is 0. The fourth-order valence-electron chi connectivity index (χ4n) is 3.52. The van der Waals surface area contributed by atoms with Crippen molar-refractivity contribution in [3.8, 4) is 5.75 Å². The Labute approximate surface area is 122 Å². The summed E-state index contributed by atoms with van der Waals surface area (Å²) in [4.78, 5) is 2.57. The molecule has 0 bridgehead atoms. The molecule has 1 fully saturated rings. The fourth-order valence-corrected chi connectivity index (χ4v) is 3.52. The van der Waals surface area contributed by atoms with E-state index in [4.69, 9.17) is 4.74 Å². The van der Waals surface area contributed by atoms with E-state index in [1.54, 1.807) is 0 Å². The molecular weight excluding hydrogens is 248 g/mol. The molecule has 1 aromatic carbocycles. The summed E-state index contributed by atoms with van der Waals surface area (Å²) < 4.78 is 6.10. The fraction of sp³-hybridized carbons (Fsp3) is 0.647. The molecular formula is C17H26N2O. The number of ether oxygens (including phenoxy) is 1. The Morgan fingerprint density at radius 1 is 1.40 bits per heavy atom. The number of hydrogen-bond acceptors (Lipinski definition) is 3. The van der Waals surface area contributed by atoms with Crippen molar-refractivity contribution in [1.82, 2.24) is 10.2 Å². The molecule has 0 aliphatic carbocycles. The van der Waals surface area contributed by atoms with Crippen molar-refractivity contribution in [2.24, 2.45) is 0 Å². The number of rotatable bonds is 4. The van der Waals surface area contributed by atoms with Crippen molar-refractivity contribution in [2.75, 3.05) is 26.2 Å². The van der Waals surface area contributed by atoms with Gasteiger partial charge in [0.05, 0.1) is 0 Å². The maximum atomic E-state index is 6.10. The first-order valence-corrected chi connectivity index (χ1v) is 7.96. The van der Waals surface area contributed by atoms with Crippen LogP contribution in [0.4, 0.5) is 0 Å². The van der Waals surface area contributed by atoms with E-state index in [-0.39, 0.29) is 0 Å². The van der Waals surface area contributed by atoms with E-state index in [0.29, 0.717) is 12.1 Å². The Balaban J connectivity index is 1.55. The zero-order valence-corrected chi connectivity index (χ0v) is 12.7. The monoisotopic (exact) mass is 274 g/mol. The highest BCUT2D eigenvalue weighted by molar-refractivity contribution is 5.40. The lowest BCUT2D eigenvalue weighted by atomic mass is 10.0. The molecule has 2 heterocycles. The van der Waals surface area contributed by atoms with Gasteiger partial charge >= 0.3 is 0 Å². The van der Waals surface area contributed by atoms with Crippen LogP contribution in [0.5, 0.6) is 5.75 Å². The lowest BCUT2D eigenvalue weighted by molar-refractivity contribution is 0.120. The van der Waals surface area contributed by atoms with Gasteiger partial charge in [-0.15, -0.1) is 0 Å². The number of aryl methyl sites for hydroxylation is 1. The first kappa shape index (κ1) is 13.9. The zero-order chi connectivity index (χ0) is 13.9. The Bertz CT molecular complexity index is 458. The van der Waals surface area contributed by atoms with Gasteiger partial charge in [-0.2, -0.15) is 0 Å². The van der Waals surface area contributed by atoms with Gasteiger partial charge in [-0.3, -0.25) is 4.90 Å². The van der Waals surface area contributed by atoms with E-state index < -0.39 is 0 Å². The third-order valence-electron chi connectivity index (χ3n) is 4.42. The van der Waals surface area contributed by atoms with Crippen LogP contribution in [0.15, 0.2) is 18.2 Å². The minimum Gasteiger partial charge on any atom is -0.488 e. The third kappa shape index (κ3) is 3.15. The summed E-state index contributed by atoms with van der Waals surface area (Å²) in [5.74, 6) is 1.10. The van der Waals surface area contributed by atoms with Gasteiger partial charge in [-0.05, 0) is 44.5 Å². The number of nitrogens with one attached hydrogen (secondary N) is 1. The van der Waals surface area contributed by atoms with Crippen molar-refractivity contribution >= 4 is 0 Å². The Morgan fingerprint density at radius 2 is 2.30 bits per heavy atom. The van der Waals surface area contributed by atoms with Crippen LogP contribution in [0.1, 0.15) is 30.9 Å². The van der Waals surface area contributed by atoms with Crippen LogP contribution in [0.2, 0.25) is 0 Å². The van der Waals surface area contributed by atoms with Crippen molar-refractivity contribution in [1.29, 1.82) is 0 Å². The molecule has 0 aromatic heterocycles. The first-order chi connectivity index (χ1) is 9.74. The Kier molecular flexibility index (Phi) is 4.27. The van der Waals surface area contributed by atoms with Crippen molar-refractivity contribution in [3.05, 3.63) is 29.3 Å². The number of likely N-dealkylation sites (tertiary alicyclic amines) is 1. The smallest absolute Gasteiger partial charge is 0.123 e. The average Bonchev–Trinajstić information content (AvgIpc) is 2.81. The second-order valence-electron chi connectivity index (χ2n) is 6.21. The molecule has 1 saturated heterocycles. The Hall–Kier alpha value is -1.06. The summed E-state index contributed by atoms with van der Waals surface area (Å²) in [6.07, 6.45) is 4.03. The molecule has 20 heavy (non-hydrogen) atoms. The van der Waals surface area contributed by atoms with Crippen molar-refractivity contribution in [3.63, 3.8) is 0 Å². The quantitative estimate of drug-likeness (QED) is 0.912. The van der Waals surface area contributed by atoms with Crippen LogP contribution < -0.4 is 10.1 Å². The predicted octanol–water partition coefficient (Wildman–Crippen LogP) is 2.37. The van der Waals surface area contributed by atoms with Crippen molar-refractivity contribution in [2.45, 2.75) is 45.3 Å². The summed E-state index contributed by atoms with van der Waals surface area (Å²) in [7, 11) is 0. The summed E-state index contributed by atoms with van der Waals surface area (Å²) in [6, 6.07) is 7.21. The molecule has 3 rings (SSSR count). The zero-order valence-electron chi connectivity index (χ0n) is 12.7. The number of likely N-dealkylation sites (N-methyl/N-ethyl adjacent to an activating group) is 1. The van der Waals surface area contributed by atoms with Gasteiger partial charge in [0.1, 0.15) is 11.9 Å². The van der Waals surface area contributed by atoms with Gasteiger partial charge < -0.3 is 10.1 Å². The maximum Gasteiger partial charge on any atom is 0.123 e. The maximum absolute atomic E-state index is 6.10. The van der Waals surface area contributed by atoms with Crippen LogP contribution in [-0.2, 0) is 6.42 Å². The van der Waals surface area contributed by atoms with Gasteiger partial charge in [-0.1, -0.05) is 24.6 Å². The minimum atomic E-state index is 0.340. The lowest BCUT2D eigenvalue weighted by Crippen LogP contribution is -2.48. The van der Waals surface area contributed by atoms with Crippen LogP contribution in [0.3, 0.4) is 0 Å². The molecule has 0 spiro atoms. The molecule has 1 N–H and O–H groups in total. The molecule has 2 aliphatic rings. The third-order valence-corrected chi connectivity index (χ3v) is 4.42. The molecule has 3 nitrogen and oxygen atoms in total. The second-order valence-corrected chi connectivity index (χ2v) is 6.21. The van der Waals surface area contributed by atoms with E-state index in [2.05, 4.69) is 42.3 Å². The molecule has 1 aromatic rings. The van der Waals surface area contributed by atoms with E-state index in [0.717, 1.165) is 25.3 Å². The molecule has 0 amide bonds. The minimum absolute atomic E-state index is 0.340. The number of fused-ring (bicyclic) bond motifs is 1. The van der Waals surface area contributed by atoms with E-state index in [9.17, 15) is 0 Å². The van der Waals surface area contributed by atoms with Crippen LogP contribution >= 0.6 is 0 Å². The lowest BCUT2D eigenvalue weighted by Gasteiger charge is -2.34. The molecule has 2 unspecified atom stereocenters. The molecule has 0 saturated carbocycles. The van der Waals surface area contributed by atoms with Crippen LogP contribution in [-0.4, -0.2) is 43.2 Å². The highest BCUT2D eigenvalue weighted by Gasteiger charge is 2.27. The first-order valence-electron chi connectivity index (χ1n) is 7.96. The van der Waals surface area contributed by atoms with E-state index in [1.165, 1.54) is 37.1 Å². The van der Waals surface area contributed by atoms with E-state index >= 15 is 0 Å². The highest BCUT2D eigenvalue weighted by atomic mass is 16.5. The normalized spacial score (nSPS) is 26.3. The van der Waals surface area contributed by atoms with Crippen molar-refractivity contribution < 1.29 is 4.74 Å². The van der Waals surface area contributed by atoms with Gasteiger partial charge in [-0.25, -0.2) is 0 Å².